The monoisotopic (exact) mass is 382 g/mol. The van der Waals surface area contributed by atoms with Gasteiger partial charge in [-0.25, -0.2) is 0 Å². The second kappa shape index (κ2) is 10.3. The predicted molar refractivity (Wildman–Crippen MR) is 118 cm³/mol. The summed E-state index contributed by atoms with van der Waals surface area (Å²) in [5, 5.41) is 0. The predicted octanol–water partition coefficient (Wildman–Crippen LogP) is 6.14. The van der Waals surface area contributed by atoms with Crippen LogP contribution >= 0.6 is 0 Å². The van der Waals surface area contributed by atoms with Crippen molar-refractivity contribution >= 4 is 5.97 Å². The van der Waals surface area contributed by atoms with Crippen molar-refractivity contribution in [3.8, 4) is 17.6 Å². The molecule has 2 heteroatoms. The number of carbonyl (C=O) groups is 1. The summed E-state index contributed by atoms with van der Waals surface area (Å²) in [7, 11) is 0. The van der Waals surface area contributed by atoms with Gasteiger partial charge in [-0.3, -0.25) is 4.79 Å². The molecule has 3 rings (SSSR count). The summed E-state index contributed by atoms with van der Waals surface area (Å²) in [6.07, 6.45) is 3.54. The van der Waals surface area contributed by atoms with E-state index in [1.54, 1.807) is 12.1 Å². The molecule has 0 bridgehead atoms. The van der Waals surface area contributed by atoms with Crippen molar-refractivity contribution < 1.29 is 9.53 Å². The summed E-state index contributed by atoms with van der Waals surface area (Å²) < 4.78 is 5.51. The van der Waals surface area contributed by atoms with E-state index < -0.39 is 0 Å². The molecule has 0 aromatic heterocycles. The van der Waals surface area contributed by atoms with Crippen molar-refractivity contribution in [2.45, 2.75) is 39.0 Å². The molecule has 0 amide bonds. The van der Waals surface area contributed by atoms with Crippen molar-refractivity contribution in [3.63, 3.8) is 0 Å². The molecule has 0 aliphatic carbocycles. The largest absolute Gasteiger partial charge is 0.426 e. The van der Waals surface area contributed by atoms with Gasteiger partial charge >= 0.3 is 5.97 Å². The summed E-state index contributed by atoms with van der Waals surface area (Å²) in [5.41, 5.74) is 4.18. The van der Waals surface area contributed by atoms with E-state index in [-0.39, 0.29) is 11.9 Å². The molecule has 0 N–H and O–H groups in total. The first-order valence-corrected chi connectivity index (χ1v) is 10.1. The van der Waals surface area contributed by atoms with Gasteiger partial charge in [0.2, 0.25) is 0 Å². The minimum atomic E-state index is -0.309. The van der Waals surface area contributed by atoms with Gasteiger partial charge in [0.25, 0.3) is 0 Å². The van der Waals surface area contributed by atoms with Gasteiger partial charge in [0, 0.05) is 11.1 Å². The van der Waals surface area contributed by atoms with Crippen LogP contribution in [0.4, 0.5) is 0 Å². The third-order valence-corrected chi connectivity index (χ3v) is 4.85. The molecule has 2 nitrogen and oxygen atoms in total. The van der Waals surface area contributed by atoms with E-state index in [1.807, 2.05) is 49.4 Å². The van der Waals surface area contributed by atoms with Crippen LogP contribution in [0.5, 0.6) is 5.75 Å². The lowest BCUT2D eigenvalue weighted by molar-refractivity contribution is -0.135. The molecule has 0 fully saturated rings. The van der Waals surface area contributed by atoms with E-state index >= 15 is 0 Å². The fraction of sp³-hybridized carbons (Fsp3) is 0.222. The third-order valence-electron chi connectivity index (χ3n) is 4.85. The lowest BCUT2D eigenvalue weighted by Crippen LogP contribution is -2.16. The first-order valence-electron chi connectivity index (χ1n) is 10.1. The van der Waals surface area contributed by atoms with E-state index in [0.29, 0.717) is 5.75 Å². The van der Waals surface area contributed by atoms with Crippen LogP contribution in [-0.4, -0.2) is 5.97 Å². The van der Waals surface area contributed by atoms with Crippen molar-refractivity contribution in [1.82, 2.24) is 0 Å². The van der Waals surface area contributed by atoms with Crippen LogP contribution < -0.4 is 4.74 Å². The quantitative estimate of drug-likeness (QED) is 0.291. The maximum absolute atomic E-state index is 12.4. The molecule has 0 unspecified atom stereocenters. The number of benzene rings is 3. The summed E-state index contributed by atoms with van der Waals surface area (Å²) in [6, 6.07) is 25.4. The molecule has 1 atom stereocenters. The van der Waals surface area contributed by atoms with Gasteiger partial charge in [-0.2, -0.15) is 0 Å². The molecule has 0 aliphatic rings. The van der Waals surface area contributed by atoms with E-state index in [2.05, 4.69) is 43.0 Å². The maximum Gasteiger partial charge on any atom is 0.318 e. The minimum absolute atomic E-state index is 0.266. The topological polar surface area (TPSA) is 26.3 Å². The van der Waals surface area contributed by atoms with Crippen LogP contribution in [0.2, 0.25) is 0 Å². The molecular weight excluding hydrogens is 356 g/mol. The van der Waals surface area contributed by atoms with E-state index in [9.17, 15) is 4.79 Å². The van der Waals surface area contributed by atoms with Crippen LogP contribution in [0.25, 0.3) is 0 Å². The van der Waals surface area contributed by atoms with Crippen LogP contribution in [0.1, 0.15) is 54.9 Å². The highest BCUT2D eigenvalue weighted by molar-refractivity contribution is 5.79. The van der Waals surface area contributed by atoms with Gasteiger partial charge in [-0.05, 0) is 67.3 Å². The van der Waals surface area contributed by atoms with Gasteiger partial charge < -0.3 is 4.74 Å². The fourth-order valence-corrected chi connectivity index (χ4v) is 2.97. The summed E-state index contributed by atoms with van der Waals surface area (Å²) >= 11 is 0. The number of hydrogen-bond donors (Lipinski definition) is 0. The average molecular weight is 383 g/mol. The Morgan fingerprint density at radius 2 is 1.45 bits per heavy atom. The third kappa shape index (κ3) is 6.09. The number of rotatable bonds is 6. The highest BCUT2D eigenvalue weighted by Crippen LogP contribution is 2.19. The molecule has 29 heavy (non-hydrogen) atoms. The van der Waals surface area contributed by atoms with Gasteiger partial charge in [-0.15, -0.1) is 0 Å². The van der Waals surface area contributed by atoms with Crippen molar-refractivity contribution in [2.75, 3.05) is 0 Å². The number of ether oxygens (including phenoxy) is 1. The van der Waals surface area contributed by atoms with Crippen LogP contribution in [0, 0.1) is 11.8 Å². The Labute approximate surface area is 173 Å². The molecule has 0 radical (unpaired) electrons. The molecule has 0 aliphatic heterocycles. The Kier molecular flexibility index (Phi) is 7.25. The van der Waals surface area contributed by atoms with Gasteiger partial charge in [0.05, 0.1) is 5.92 Å². The number of unbranched alkanes of at least 4 members (excludes halogenated alkanes) is 1. The van der Waals surface area contributed by atoms with Crippen molar-refractivity contribution in [3.05, 3.63) is 101 Å². The maximum atomic E-state index is 12.4. The van der Waals surface area contributed by atoms with Gasteiger partial charge in [0.15, 0.2) is 0 Å². The first-order chi connectivity index (χ1) is 14.2. The summed E-state index contributed by atoms with van der Waals surface area (Å²) in [4.78, 5) is 12.4. The molecule has 0 heterocycles. The van der Waals surface area contributed by atoms with Crippen molar-refractivity contribution in [2.24, 2.45) is 0 Å². The second-order valence-electron chi connectivity index (χ2n) is 7.13. The Hall–Kier alpha value is -3.31. The Balaban J connectivity index is 1.59. The molecule has 0 saturated carbocycles. The van der Waals surface area contributed by atoms with Gasteiger partial charge in [-0.1, -0.05) is 67.6 Å². The van der Waals surface area contributed by atoms with Crippen LogP contribution in [0.3, 0.4) is 0 Å². The average Bonchev–Trinajstić information content (AvgIpc) is 2.78. The van der Waals surface area contributed by atoms with Crippen LogP contribution in [0.15, 0.2) is 78.9 Å². The second-order valence-corrected chi connectivity index (χ2v) is 7.13. The SMILES string of the molecule is CCCCc1ccc(C#Cc2ccc(OC(=O)[C@@H](C)c3ccccc3)cc2)cc1. The van der Waals surface area contributed by atoms with Gasteiger partial charge in [0.1, 0.15) is 5.75 Å². The van der Waals surface area contributed by atoms with E-state index in [0.717, 1.165) is 23.1 Å². The lowest BCUT2D eigenvalue weighted by atomic mass is 10.0. The number of esters is 1. The minimum Gasteiger partial charge on any atom is -0.426 e. The fourth-order valence-electron chi connectivity index (χ4n) is 2.97. The molecule has 0 spiro atoms. The highest BCUT2D eigenvalue weighted by atomic mass is 16.5. The van der Waals surface area contributed by atoms with E-state index in [4.69, 9.17) is 4.74 Å². The Morgan fingerprint density at radius 1 is 0.862 bits per heavy atom. The standard InChI is InChI=1S/C27H26O2/c1-3-4-8-22-11-13-23(14-12-22)15-16-24-17-19-26(20-18-24)29-27(28)21(2)25-9-6-5-7-10-25/h5-7,9-14,17-21H,3-4,8H2,1-2H3/t21-/m0/s1. The molecule has 3 aromatic rings. The Morgan fingerprint density at radius 3 is 2.03 bits per heavy atom. The zero-order valence-corrected chi connectivity index (χ0v) is 17.0. The highest BCUT2D eigenvalue weighted by Gasteiger charge is 2.17. The summed E-state index contributed by atoms with van der Waals surface area (Å²) in [5.74, 6) is 6.30. The number of carbonyl (C=O) groups excluding carboxylic acids is 1. The first kappa shape index (κ1) is 20.4. The van der Waals surface area contributed by atoms with E-state index in [1.165, 1.54) is 18.4 Å². The number of hydrogen-bond acceptors (Lipinski definition) is 2. The summed E-state index contributed by atoms with van der Waals surface area (Å²) in [6.45, 7) is 4.06. The Bertz CT molecular complexity index is 975. The smallest absolute Gasteiger partial charge is 0.318 e. The normalized spacial score (nSPS) is 11.2. The number of aryl methyl sites for hydroxylation is 1. The molecule has 3 aromatic carbocycles. The lowest BCUT2D eigenvalue weighted by Gasteiger charge is -2.11. The zero-order chi connectivity index (χ0) is 20.5. The van der Waals surface area contributed by atoms with Crippen LogP contribution in [-0.2, 0) is 11.2 Å². The zero-order valence-electron chi connectivity index (χ0n) is 17.0. The molecular formula is C27H26O2. The van der Waals surface area contributed by atoms with Crippen molar-refractivity contribution in [1.29, 1.82) is 0 Å². The molecule has 0 saturated heterocycles. The molecule has 146 valence electrons.